The summed E-state index contributed by atoms with van der Waals surface area (Å²) in [5.74, 6) is -0.539. The van der Waals surface area contributed by atoms with Crippen LogP contribution in [0.3, 0.4) is 0 Å². The van der Waals surface area contributed by atoms with Crippen LogP contribution in [-0.4, -0.2) is 35.8 Å². The number of carbonyl (C=O) groups excluding carboxylic acids is 2. The lowest BCUT2D eigenvalue weighted by molar-refractivity contribution is -0.143. The zero-order chi connectivity index (χ0) is 16.0. The lowest BCUT2D eigenvalue weighted by atomic mass is 10.1. The van der Waals surface area contributed by atoms with Crippen LogP contribution in [0.1, 0.15) is 32.0 Å². The molecular formula is C15H22N2O4. The maximum atomic E-state index is 11.8. The number of hydrogen-bond acceptors (Lipinski definition) is 5. The van der Waals surface area contributed by atoms with Crippen molar-refractivity contribution >= 4 is 12.1 Å². The van der Waals surface area contributed by atoms with E-state index in [4.69, 9.17) is 9.47 Å². The first-order valence-corrected chi connectivity index (χ1v) is 6.70. The summed E-state index contributed by atoms with van der Waals surface area (Å²) >= 11 is 0. The molecule has 0 bridgehead atoms. The highest BCUT2D eigenvalue weighted by atomic mass is 16.6. The minimum absolute atomic E-state index is 0.242. The molecule has 1 aromatic rings. The van der Waals surface area contributed by atoms with Crippen molar-refractivity contribution in [2.45, 2.75) is 45.8 Å². The van der Waals surface area contributed by atoms with Gasteiger partial charge in [-0.1, -0.05) is 6.07 Å². The minimum atomic E-state index is -0.833. The molecule has 1 N–H and O–H groups in total. The van der Waals surface area contributed by atoms with E-state index in [0.717, 1.165) is 5.56 Å². The van der Waals surface area contributed by atoms with Gasteiger partial charge in [0, 0.05) is 18.3 Å². The highest BCUT2D eigenvalue weighted by molar-refractivity contribution is 5.81. The zero-order valence-corrected chi connectivity index (χ0v) is 13.1. The molecule has 0 spiro atoms. The lowest BCUT2D eigenvalue weighted by Gasteiger charge is -2.22. The molecule has 116 valence electrons. The summed E-state index contributed by atoms with van der Waals surface area (Å²) in [6, 6.07) is 2.87. The van der Waals surface area contributed by atoms with Gasteiger partial charge in [0.15, 0.2) is 0 Å². The largest absolute Gasteiger partial charge is 0.467 e. The maximum absolute atomic E-state index is 11.8. The molecule has 1 amide bonds. The second kappa shape index (κ2) is 7.06. The van der Waals surface area contributed by atoms with Crippen LogP contribution in [0.5, 0.6) is 0 Å². The Bertz CT molecular complexity index is 491. The molecule has 1 rings (SSSR count). The average molecular weight is 294 g/mol. The highest BCUT2D eigenvalue weighted by Gasteiger charge is 2.25. The summed E-state index contributed by atoms with van der Waals surface area (Å²) in [5.41, 5.74) is 1.08. The summed E-state index contributed by atoms with van der Waals surface area (Å²) in [6.45, 7) is 7.18. The predicted molar refractivity (Wildman–Crippen MR) is 77.9 cm³/mol. The van der Waals surface area contributed by atoms with Gasteiger partial charge in [-0.2, -0.15) is 0 Å². The number of carbonyl (C=O) groups is 2. The molecule has 0 unspecified atom stereocenters. The van der Waals surface area contributed by atoms with Gasteiger partial charge in [0.2, 0.25) is 0 Å². The maximum Gasteiger partial charge on any atom is 0.408 e. The molecule has 21 heavy (non-hydrogen) atoms. The van der Waals surface area contributed by atoms with Gasteiger partial charge in [0.05, 0.1) is 7.11 Å². The number of aromatic nitrogens is 1. The quantitative estimate of drug-likeness (QED) is 0.859. The van der Waals surface area contributed by atoms with E-state index in [1.807, 2.05) is 19.1 Å². The topological polar surface area (TPSA) is 77.5 Å². The molecule has 0 fully saturated rings. The van der Waals surface area contributed by atoms with E-state index in [2.05, 4.69) is 10.3 Å². The van der Waals surface area contributed by atoms with Crippen molar-refractivity contribution in [3.8, 4) is 0 Å². The number of nitrogens with one attached hydrogen (secondary N) is 1. The van der Waals surface area contributed by atoms with E-state index in [1.165, 1.54) is 7.11 Å². The van der Waals surface area contributed by atoms with Crippen molar-refractivity contribution in [2.24, 2.45) is 0 Å². The van der Waals surface area contributed by atoms with Gasteiger partial charge in [-0.15, -0.1) is 0 Å². The second-order valence-corrected chi connectivity index (χ2v) is 5.75. The van der Waals surface area contributed by atoms with Crippen LogP contribution in [-0.2, 0) is 20.7 Å². The summed E-state index contributed by atoms with van der Waals surface area (Å²) in [7, 11) is 1.27. The Kier molecular flexibility index (Phi) is 5.69. The first-order valence-electron chi connectivity index (χ1n) is 6.70. The highest BCUT2D eigenvalue weighted by Crippen LogP contribution is 2.08. The van der Waals surface area contributed by atoms with Crippen LogP contribution in [0.25, 0.3) is 0 Å². The Balaban J connectivity index is 2.74. The zero-order valence-electron chi connectivity index (χ0n) is 13.1. The van der Waals surface area contributed by atoms with Gasteiger partial charge in [0.1, 0.15) is 11.6 Å². The molecule has 0 aromatic carbocycles. The molecule has 0 radical (unpaired) electrons. The van der Waals surface area contributed by atoms with Gasteiger partial charge in [0.25, 0.3) is 0 Å². The monoisotopic (exact) mass is 294 g/mol. The number of hydrogen-bond donors (Lipinski definition) is 1. The third kappa shape index (κ3) is 6.25. The van der Waals surface area contributed by atoms with E-state index in [9.17, 15) is 9.59 Å². The van der Waals surface area contributed by atoms with Crippen LogP contribution in [0, 0.1) is 6.92 Å². The number of amides is 1. The van der Waals surface area contributed by atoms with Gasteiger partial charge in [-0.3, -0.25) is 4.98 Å². The third-order valence-electron chi connectivity index (χ3n) is 2.56. The Morgan fingerprint density at radius 3 is 2.48 bits per heavy atom. The Labute approximate surface area is 124 Å². The Morgan fingerprint density at radius 2 is 2.00 bits per heavy atom. The van der Waals surface area contributed by atoms with Crippen LogP contribution >= 0.6 is 0 Å². The Morgan fingerprint density at radius 1 is 1.33 bits per heavy atom. The van der Waals surface area contributed by atoms with E-state index >= 15 is 0 Å². The minimum Gasteiger partial charge on any atom is -0.467 e. The number of rotatable bonds is 4. The van der Waals surface area contributed by atoms with Crippen LogP contribution in [0.4, 0.5) is 4.79 Å². The molecule has 0 saturated heterocycles. The van der Waals surface area contributed by atoms with E-state index in [0.29, 0.717) is 5.69 Å². The molecule has 0 saturated carbocycles. The summed E-state index contributed by atoms with van der Waals surface area (Å²) < 4.78 is 9.84. The number of esters is 1. The molecule has 1 heterocycles. The second-order valence-electron chi connectivity index (χ2n) is 5.75. The van der Waals surface area contributed by atoms with Crippen LogP contribution in [0.15, 0.2) is 18.3 Å². The predicted octanol–water partition coefficient (Wildman–Crippen LogP) is 2.00. The molecule has 6 heteroatoms. The molecule has 1 aromatic heterocycles. The van der Waals surface area contributed by atoms with Gasteiger partial charge in [-0.05, 0) is 39.3 Å². The normalized spacial score (nSPS) is 12.4. The number of methoxy groups -OCH3 is 1. The molecule has 6 nitrogen and oxygen atoms in total. The van der Waals surface area contributed by atoms with E-state index < -0.39 is 23.7 Å². The van der Waals surface area contributed by atoms with E-state index in [1.54, 1.807) is 27.0 Å². The van der Waals surface area contributed by atoms with Crippen molar-refractivity contribution in [1.29, 1.82) is 0 Å². The number of nitrogens with zero attached hydrogens (tertiary/aromatic N) is 1. The summed E-state index contributed by atoms with van der Waals surface area (Å²) in [6.07, 6.45) is 1.29. The standard InChI is InChI=1S/C15H22N2O4/c1-10-6-7-11(16-9-10)8-12(13(18)20-5)17-14(19)21-15(2,3)4/h6-7,9,12H,8H2,1-5H3,(H,17,19)/t12-/m0/s1. The van der Waals surface area contributed by atoms with Crippen LogP contribution < -0.4 is 5.32 Å². The number of aryl methyl sites for hydroxylation is 1. The molecular weight excluding hydrogens is 272 g/mol. The Hall–Kier alpha value is -2.11. The van der Waals surface area contributed by atoms with Crippen molar-refractivity contribution in [3.05, 3.63) is 29.6 Å². The van der Waals surface area contributed by atoms with Crippen molar-refractivity contribution in [1.82, 2.24) is 10.3 Å². The summed E-state index contributed by atoms with van der Waals surface area (Å²) in [5, 5.41) is 2.51. The molecule has 0 aliphatic heterocycles. The fraction of sp³-hybridized carbons (Fsp3) is 0.533. The number of pyridine rings is 1. The fourth-order valence-corrected chi connectivity index (χ4v) is 1.61. The van der Waals surface area contributed by atoms with E-state index in [-0.39, 0.29) is 6.42 Å². The third-order valence-corrected chi connectivity index (χ3v) is 2.56. The lowest BCUT2D eigenvalue weighted by Crippen LogP contribution is -2.45. The first-order chi connectivity index (χ1) is 9.71. The SMILES string of the molecule is COC(=O)[C@H](Cc1ccc(C)cn1)NC(=O)OC(C)(C)C. The van der Waals surface area contributed by atoms with Gasteiger partial charge < -0.3 is 14.8 Å². The number of ether oxygens (including phenoxy) is 2. The van der Waals surface area contributed by atoms with Crippen molar-refractivity contribution in [2.75, 3.05) is 7.11 Å². The molecule has 0 aliphatic rings. The molecule has 1 atom stereocenters. The summed E-state index contributed by atoms with van der Waals surface area (Å²) in [4.78, 5) is 27.8. The molecule has 0 aliphatic carbocycles. The first kappa shape index (κ1) is 16.9. The average Bonchev–Trinajstić information content (AvgIpc) is 2.37. The van der Waals surface area contributed by atoms with Gasteiger partial charge in [-0.25, -0.2) is 9.59 Å². The van der Waals surface area contributed by atoms with Crippen molar-refractivity contribution < 1.29 is 19.1 Å². The van der Waals surface area contributed by atoms with Gasteiger partial charge >= 0.3 is 12.1 Å². The smallest absolute Gasteiger partial charge is 0.408 e. The fourth-order valence-electron chi connectivity index (χ4n) is 1.61. The van der Waals surface area contributed by atoms with Crippen molar-refractivity contribution in [3.63, 3.8) is 0 Å². The van der Waals surface area contributed by atoms with Crippen LogP contribution in [0.2, 0.25) is 0 Å². The number of alkyl carbamates (subject to hydrolysis) is 1.